The highest BCUT2D eigenvalue weighted by atomic mass is 79.9. The molecule has 0 atom stereocenters. The molecule has 0 saturated carbocycles. The van der Waals surface area contributed by atoms with Gasteiger partial charge in [-0.05, 0) is 53.6 Å². The second kappa shape index (κ2) is 8.41. The molecule has 6 nitrogen and oxygen atoms in total. The first-order chi connectivity index (χ1) is 12.8. The van der Waals surface area contributed by atoms with E-state index in [1.54, 1.807) is 0 Å². The number of nitrogens with one attached hydrogen (secondary N) is 2. The topological polar surface area (TPSA) is 59.7 Å². The molecule has 0 fully saturated rings. The summed E-state index contributed by atoms with van der Waals surface area (Å²) >= 11 is 15.2. The number of hydrogen-bond donors (Lipinski definition) is 2. The number of nitrogens with zero attached hydrogens (tertiary/aromatic N) is 4. The van der Waals surface area contributed by atoms with Gasteiger partial charge in [0.05, 0.1) is 16.7 Å². The molecule has 9 heteroatoms. The summed E-state index contributed by atoms with van der Waals surface area (Å²) in [6.45, 7) is 5.22. The van der Waals surface area contributed by atoms with Crippen molar-refractivity contribution in [3.63, 3.8) is 0 Å². The number of benzene rings is 1. The Hall–Kier alpha value is -1.90. The minimum atomic E-state index is 0.501. The molecular weight excluding hydrogens is 448 g/mol. The van der Waals surface area contributed by atoms with Crippen LogP contribution < -0.4 is 10.6 Å². The molecule has 2 aromatic heterocycles. The second-order valence-corrected chi connectivity index (χ2v) is 7.87. The fourth-order valence-corrected chi connectivity index (χ4v) is 3.54. The average molecular weight is 468 g/mol. The van der Waals surface area contributed by atoms with Crippen molar-refractivity contribution in [2.75, 3.05) is 5.32 Å². The first-order valence-electron chi connectivity index (χ1n) is 8.35. The van der Waals surface area contributed by atoms with Gasteiger partial charge in [0.15, 0.2) is 10.9 Å². The molecule has 0 amide bonds. The molecule has 0 unspecified atom stereocenters. The molecule has 0 aliphatic rings. The molecule has 0 radical (unpaired) electrons. The zero-order valence-electron chi connectivity index (χ0n) is 15.3. The third-order valence-electron chi connectivity index (χ3n) is 4.32. The van der Waals surface area contributed by atoms with Crippen molar-refractivity contribution in [3.8, 4) is 0 Å². The summed E-state index contributed by atoms with van der Waals surface area (Å²) in [4.78, 5) is 0. The Morgan fingerprint density at radius 3 is 2.67 bits per heavy atom. The SMILES string of the molecule is Cc1nn(C)c(C)c1CNC(=S)Nc1nn(Cc2ccccc2Cl)cc1Br. The van der Waals surface area contributed by atoms with E-state index in [2.05, 4.69) is 36.8 Å². The highest BCUT2D eigenvalue weighted by Crippen LogP contribution is 2.22. The van der Waals surface area contributed by atoms with Crippen molar-refractivity contribution >= 4 is 50.7 Å². The Morgan fingerprint density at radius 1 is 1.26 bits per heavy atom. The normalized spacial score (nSPS) is 10.9. The van der Waals surface area contributed by atoms with Crippen LogP contribution in [0.4, 0.5) is 5.82 Å². The van der Waals surface area contributed by atoms with Crippen LogP contribution in [-0.2, 0) is 20.1 Å². The van der Waals surface area contributed by atoms with Gasteiger partial charge in [-0.3, -0.25) is 9.36 Å². The third-order valence-corrected chi connectivity index (χ3v) is 5.52. The van der Waals surface area contributed by atoms with Crippen LogP contribution in [-0.4, -0.2) is 24.7 Å². The van der Waals surface area contributed by atoms with Crippen LogP contribution in [0.3, 0.4) is 0 Å². The van der Waals surface area contributed by atoms with E-state index < -0.39 is 0 Å². The number of anilines is 1. The quantitative estimate of drug-likeness (QED) is 0.551. The van der Waals surface area contributed by atoms with E-state index in [-0.39, 0.29) is 0 Å². The lowest BCUT2D eigenvalue weighted by molar-refractivity contribution is 0.689. The van der Waals surface area contributed by atoms with E-state index in [0.717, 1.165) is 32.0 Å². The van der Waals surface area contributed by atoms with Gasteiger partial charge in [-0.1, -0.05) is 29.8 Å². The minimum absolute atomic E-state index is 0.501. The van der Waals surface area contributed by atoms with E-state index in [4.69, 9.17) is 23.8 Å². The Balaban J connectivity index is 1.63. The van der Waals surface area contributed by atoms with Gasteiger partial charge in [0.25, 0.3) is 0 Å². The molecule has 2 N–H and O–H groups in total. The van der Waals surface area contributed by atoms with Crippen molar-refractivity contribution < 1.29 is 0 Å². The zero-order valence-corrected chi connectivity index (χ0v) is 18.4. The van der Waals surface area contributed by atoms with Crippen molar-refractivity contribution in [2.45, 2.75) is 26.9 Å². The molecule has 142 valence electrons. The van der Waals surface area contributed by atoms with E-state index >= 15 is 0 Å². The standard InChI is InChI=1S/C18H20BrClN6S/c1-11-14(12(2)25(3)23-11)8-21-18(27)22-17-15(19)10-26(24-17)9-13-6-4-5-7-16(13)20/h4-7,10H,8-9H2,1-3H3,(H2,21,22,24,27). The van der Waals surface area contributed by atoms with E-state index in [0.29, 0.717) is 24.0 Å². The molecular formula is C18H20BrClN6S. The van der Waals surface area contributed by atoms with Crippen molar-refractivity contribution in [2.24, 2.45) is 7.05 Å². The lowest BCUT2D eigenvalue weighted by Gasteiger charge is -2.09. The molecule has 0 spiro atoms. The number of aromatic nitrogens is 4. The Bertz CT molecular complexity index is 980. The van der Waals surface area contributed by atoms with Gasteiger partial charge in [0.2, 0.25) is 0 Å². The van der Waals surface area contributed by atoms with Gasteiger partial charge in [0, 0.05) is 36.1 Å². The molecule has 0 bridgehead atoms. The van der Waals surface area contributed by atoms with Crippen LogP contribution in [0, 0.1) is 13.8 Å². The van der Waals surface area contributed by atoms with Crippen molar-refractivity contribution in [3.05, 3.63) is 62.5 Å². The molecule has 3 aromatic rings. The number of aryl methyl sites for hydroxylation is 2. The molecule has 0 saturated heterocycles. The predicted octanol–water partition coefficient (Wildman–Crippen LogP) is 4.18. The van der Waals surface area contributed by atoms with Crippen LogP contribution >= 0.6 is 39.7 Å². The molecule has 0 aliphatic heterocycles. The van der Waals surface area contributed by atoms with Gasteiger partial charge in [-0.25, -0.2) is 0 Å². The predicted molar refractivity (Wildman–Crippen MR) is 116 cm³/mol. The molecule has 1 aromatic carbocycles. The largest absolute Gasteiger partial charge is 0.358 e. The molecule has 0 aliphatic carbocycles. The fraction of sp³-hybridized carbons (Fsp3) is 0.278. The van der Waals surface area contributed by atoms with Crippen LogP contribution in [0.25, 0.3) is 0 Å². The summed E-state index contributed by atoms with van der Waals surface area (Å²) in [6, 6.07) is 7.72. The zero-order chi connectivity index (χ0) is 19.6. The first kappa shape index (κ1) is 19.9. The van der Waals surface area contributed by atoms with Gasteiger partial charge in [-0.2, -0.15) is 10.2 Å². The van der Waals surface area contributed by atoms with Crippen LogP contribution in [0.5, 0.6) is 0 Å². The lowest BCUT2D eigenvalue weighted by atomic mass is 10.2. The van der Waals surface area contributed by atoms with Gasteiger partial charge in [-0.15, -0.1) is 0 Å². The highest BCUT2D eigenvalue weighted by Gasteiger charge is 2.12. The molecule has 2 heterocycles. The Morgan fingerprint density at radius 2 is 2.00 bits per heavy atom. The monoisotopic (exact) mass is 466 g/mol. The first-order valence-corrected chi connectivity index (χ1v) is 9.93. The number of rotatable bonds is 5. The second-order valence-electron chi connectivity index (χ2n) is 6.20. The maximum Gasteiger partial charge on any atom is 0.172 e. The van der Waals surface area contributed by atoms with Gasteiger partial charge >= 0.3 is 0 Å². The summed E-state index contributed by atoms with van der Waals surface area (Å²) in [5.41, 5.74) is 4.26. The maximum absolute atomic E-state index is 6.23. The Labute approximate surface area is 177 Å². The van der Waals surface area contributed by atoms with Crippen molar-refractivity contribution in [1.82, 2.24) is 24.9 Å². The minimum Gasteiger partial charge on any atom is -0.358 e. The fourth-order valence-electron chi connectivity index (χ4n) is 2.76. The number of hydrogen-bond acceptors (Lipinski definition) is 3. The maximum atomic E-state index is 6.23. The van der Waals surface area contributed by atoms with Crippen molar-refractivity contribution in [1.29, 1.82) is 0 Å². The smallest absolute Gasteiger partial charge is 0.172 e. The Kier molecular flexibility index (Phi) is 6.18. The summed E-state index contributed by atoms with van der Waals surface area (Å²) < 4.78 is 4.51. The average Bonchev–Trinajstić information content (AvgIpc) is 3.07. The highest BCUT2D eigenvalue weighted by molar-refractivity contribution is 9.10. The molecule has 3 rings (SSSR count). The summed E-state index contributed by atoms with van der Waals surface area (Å²) in [7, 11) is 1.94. The number of halogens is 2. The van der Waals surface area contributed by atoms with E-state index in [1.807, 2.05) is 60.7 Å². The van der Waals surface area contributed by atoms with E-state index in [9.17, 15) is 0 Å². The lowest BCUT2D eigenvalue weighted by Crippen LogP contribution is -2.28. The van der Waals surface area contributed by atoms with Crippen LogP contribution in [0.2, 0.25) is 5.02 Å². The van der Waals surface area contributed by atoms with Gasteiger partial charge in [0.1, 0.15) is 0 Å². The third kappa shape index (κ3) is 4.69. The molecule has 27 heavy (non-hydrogen) atoms. The van der Waals surface area contributed by atoms with Crippen LogP contribution in [0.15, 0.2) is 34.9 Å². The van der Waals surface area contributed by atoms with Crippen LogP contribution in [0.1, 0.15) is 22.5 Å². The van der Waals surface area contributed by atoms with E-state index in [1.165, 1.54) is 0 Å². The summed E-state index contributed by atoms with van der Waals surface area (Å²) in [6.07, 6.45) is 1.89. The number of thiocarbonyl (C=S) groups is 1. The van der Waals surface area contributed by atoms with Gasteiger partial charge < -0.3 is 10.6 Å². The summed E-state index contributed by atoms with van der Waals surface area (Å²) in [5.74, 6) is 0.652. The summed E-state index contributed by atoms with van der Waals surface area (Å²) in [5, 5.41) is 16.5.